The number of carbonyl (C=O) groups is 1. The molecule has 3 rings (SSSR count). The predicted octanol–water partition coefficient (Wildman–Crippen LogP) is 3.34. The summed E-state index contributed by atoms with van der Waals surface area (Å²) in [4.78, 5) is 19.0. The van der Waals surface area contributed by atoms with Crippen molar-refractivity contribution < 1.29 is 13.6 Å². The highest BCUT2D eigenvalue weighted by atomic mass is 19.1. The van der Waals surface area contributed by atoms with E-state index in [4.69, 9.17) is 0 Å². The highest BCUT2D eigenvalue weighted by molar-refractivity contribution is 5.79. The van der Waals surface area contributed by atoms with E-state index in [0.29, 0.717) is 23.1 Å². The van der Waals surface area contributed by atoms with Crippen molar-refractivity contribution in [3.8, 4) is 11.4 Å². The molecule has 0 aliphatic heterocycles. The molecule has 0 unspecified atom stereocenters. The third kappa shape index (κ3) is 3.08. The summed E-state index contributed by atoms with van der Waals surface area (Å²) in [6.45, 7) is 5.78. The lowest BCUT2D eigenvalue weighted by Crippen LogP contribution is -2.02. The molecule has 0 aliphatic rings. The second kappa shape index (κ2) is 6.35. The number of benzene rings is 1. The zero-order chi connectivity index (χ0) is 18.1. The zero-order valence-electron chi connectivity index (χ0n) is 13.6. The number of hydrogen-bond acceptors (Lipinski definition) is 4. The Morgan fingerprint density at radius 1 is 1.24 bits per heavy atom. The largest absolute Gasteiger partial charge is 0.298 e. The predicted molar refractivity (Wildman–Crippen MR) is 88.9 cm³/mol. The second-order valence-corrected chi connectivity index (χ2v) is 5.58. The Morgan fingerprint density at radius 3 is 2.48 bits per heavy atom. The lowest BCUT2D eigenvalue weighted by Gasteiger charge is -2.10. The van der Waals surface area contributed by atoms with Crippen molar-refractivity contribution in [2.75, 3.05) is 0 Å². The van der Waals surface area contributed by atoms with Crippen LogP contribution in [0.1, 0.15) is 27.2 Å². The number of carbonyl (C=O) groups excluding carboxylic acids is 1. The zero-order valence-corrected chi connectivity index (χ0v) is 13.6. The van der Waals surface area contributed by atoms with Crippen LogP contribution in [-0.4, -0.2) is 26.0 Å². The Labute approximate surface area is 142 Å². The quantitative estimate of drug-likeness (QED) is 0.684. The number of nitrogens with zero attached hydrogens (tertiary/aromatic N) is 4. The first kappa shape index (κ1) is 16.6. The minimum Gasteiger partial charge on any atom is -0.298 e. The number of aldehydes is 1. The van der Waals surface area contributed by atoms with E-state index >= 15 is 0 Å². The molecule has 0 fully saturated rings. The third-order valence-corrected chi connectivity index (χ3v) is 3.74. The normalized spacial score (nSPS) is 10.7. The molecule has 0 atom stereocenters. The standard InChI is InChI=1S/C18H14F2N4O/c1-10-6-21-18(16-14(19)4-12(9-25)5-15(16)20)23-17(10)11(2)13-7-22-24(3)8-13/h4-9H,2H2,1,3H3. The van der Waals surface area contributed by atoms with Crippen LogP contribution < -0.4 is 0 Å². The van der Waals surface area contributed by atoms with Crippen LogP contribution in [0.3, 0.4) is 0 Å². The summed E-state index contributed by atoms with van der Waals surface area (Å²) < 4.78 is 30.1. The second-order valence-electron chi connectivity index (χ2n) is 5.58. The van der Waals surface area contributed by atoms with Gasteiger partial charge in [0.15, 0.2) is 5.82 Å². The maximum atomic E-state index is 14.2. The molecular weight excluding hydrogens is 326 g/mol. The molecule has 25 heavy (non-hydrogen) atoms. The minimum absolute atomic E-state index is 0.0918. The van der Waals surface area contributed by atoms with Gasteiger partial charge in [0.2, 0.25) is 0 Å². The molecule has 0 amide bonds. The number of halogens is 2. The maximum Gasteiger partial charge on any atom is 0.165 e. The molecule has 1 aromatic carbocycles. The van der Waals surface area contributed by atoms with Crippen LogP contribution in [0.5, 0.6) is 0 Å². The van der Waals surface area contributed by atoms with Crippen molar-refractivity contribution in [3.05, 3.63) is 71.3 Å². The van der Waals surface area contributed by atoms with Crippen molar-refractivity contribution in [1.29, 1.82) is 0 Å². The number of aryl methyl sites for hydroxylation is 2. The summed E-state index contributed by atoms with van der Waals surface area (Å²) in [5, 5.41) is 4.08. The van der Waals surface area contributed by atoms with Crippen molar-refractivity contribution in [1.82, 2.24) is 19.7 Å². The van der Waals surface area contributed by atoms with Crippen LogP contribution in [0.2, 0.25) is 0 Å². The average molecular weight is 340 g/mol. The summed E-state index contributed by atoms with van der Waals surface area (Å²) in [6.07, 6.45) is 5.25. The Balaban J connectivity index is 2.12. The van der Waals surface area contributed by atoms with Gasteiger partial charge < -0.3 is 0 Å². The fourth-order valence-corrected chi connectivity index (χ4v) is 2.46. The van der Waals surface area contributed by atoms with Gasteiger partial charge in [-0.25, -0.2) is 18.7 Å². The van der Waals surface area contributed by atoms with E-state index in [0.717, 1.165) is 17.7 Å². The SMILES string of the molecule is C=C(c1cnn(C)c1)c1nc(-c2c(F)cc(C=O)cc2F)ncc1C. The average Bonchev–Trinajstić information content (AvgIpc) is 3.01. The molecule has 126 valence electrons. The summed E-state index contributed by atoms with van der Waals surface area (Å²) in [5.74, 6) is -1.91. The van der Waals surface area contributed by atoms with Gasteiger partial charge >= 0.3 is 0 Å². The molecular formula is C18H14F2N4O. The van der Waals surface area contributed by atoms with Gasteiger partial charge in [-0.2, -0.15) is 5.10 Å². The van der Waals surface area contributed by atoms with Crippen LogP contribution in [0.4, 0.5) is 8.78 Å². The van der Waals surface area contributed by atoms with E-state index in [2.05, 4.69) is 21.6 Å². The lowest BCUT2D eigenvalue weighted by atomic mass is 10.0. The third-order valence-electron chi connectivity index (χ3n) is 3.74. The van der Waals surface area contributed by atoms with Crippen LogP contribution in [0.25, 0.3) is 17.0 Å². The van der Waals surface area contributed by atoms with E-state index < -0.39 is 11.6 Å². The Bertz CT molecular complexity index is 971. The lowest BCUT2D eigenvalue weighted by molar-refractivity contribution is 0.112. The van der Waals surface area contributed by atoms with Crippen molar-refractivity contribution in [3.63, 3.8) is 0 Å². The molecule has 2 heterocycles. The van der Waals surface area contributed by atoms with E-state index in [-0.39, 0.29) is 17.0 Å². The first-order valence-corrected chi connectivity index (χ1v) is 7.37. The first-order chi connectivity index (χ1) is 11.9. The van der Waals surface area contributed by atoms with E-state index in [1.807, 2.05) is 0 Å². The van der Waals surface area contributed by atoms with Crippen LogP contribution >= 0.6 is 0 Å². The van der Waals surface area contributed by atoms with Gasteiger partial charge in [-0.15, -0.1) is 0 Å². The number of aromatic nitrogens is 4. The van der Waals surface area contributed by atoms with Crippen molar-refractivity contribution in [2.24, 2.45) is 7.05 Å². The summed E-state index contributed by atoms with van der Waals surface area (Å²) >= 11 is 0. The molecule has 0 radical (unpaired) electrons. The number of rotatable bonds is 4. The molecule has 0 aliphatic carbocycles. The molecule has 0 saturated heterocycles. The van der Waals surface area contributed by atoms with Gasteiger partial charge in [-0.3, -0.25) is 9.48 Å². The van der Waals surface area contributed by atoms with Crippen LogP contribution in [0.15, 0.2) is 37.3 Å². The van der Waals surface area contributed by atoms with Gasteiger partial charge in [0, 0.05) is 36.1 Å². The molecule has 7 heteroatoms. The first-order valence-electron chi connectivity index (χ1n) is 7.37. The smallest absolute Gasteiger partial charge is 0.165 e. The van der Waals surface area contributed by atoms with E-state index in [9.17, 15) is 13.6 Å². The van der Waals surface area contributed by atoms with Crippen LogP contribution in [0, 0.1) is 18.6 Å². The molecule has 5 nitrogen and oxygen atoms in total. The topological polar surface area (TPSA) is 60.7 Å². The molecule has 0 bridgehead atoms. The monoisotopic (exact) mass is 340 g/mol. The van der Waals surface area contributed by atoms with Gasteiger partial charge in [-0.05, 0) is 24.6 Å². The molecule has 2 aromatic heterocycles. The highest BCUT2D eigenvalue weighted by Gasteiger charge is 2.18. The van der Waals surface area contributed by atoms with E-state index in [1.165, 1.54) is 6.20 Å². The Kier molecular flexibility index (Phi) is 4.22. The van der Waals surface area contributed by atoms with Gasteiger partial charge in [-0.1, -0.05) is 6.58 Å². The summed E-state index contributed by atoms with van der Waals surface area (Å²) in [6, 6.07) is 1.90. The fourth-order valence-electron chi connectivity index (χ4n) is 2.46. The van der Waals surface area contributed by atoms with E-state index in [1.54, 1.807) is 31.0 Å². The summed E-state index contributed by atoms with van der Waals surface area (Å²) in [5.41, 5.74) is 2.02. The minimum atomic E-state index is -0.899. The highest BCUT2D eigenvalue weighted by Crippen LogP contribution is 2.28. The van der Waals surface area contributed by atoms with Crippen molar-refractivity contribution in [2.45, 2.75) is 6.92 Å². The van der Waals surface area contributed by atoms with Gasteiger partial charge in [0.25, 0.3) is 0 Å². The molecule has 0 saturated carbocycles. The Hall–Kier alpha value is -3.22. The van der Waals surface area contributed by atoms with Gasteiger partial charge in [0.05, 0.1) is 17.5 Å². The Morgan fingerprint density at radius 2 is 1.92 bits per heavy atom. The number of hydrogen-bond donors (Lipinski definition) is 0. The summed E-state index contributed by atoms with van der Waals surface area (Å²) in [7, 11) is 1.77. The van der Waals surface area contributed by atoms with Crippen molar-refractivity contribution >= 4 is 11.9 Å². The van der Waals surface area contributed by atoms with Gasteiger partial charge in [0.1, 0.15) is 17.9 Å². The fraction of sp³-hybridized carbons (Fsp3) is 0.111. The molecule has 3 aromatic rings. The molecule has 0 N–H and O–H groups in total. The molecule has 0 spiro atoms. The van der Waals surface area contributed by atoms with Crippen LogP contribution in [-0.2, 0) is 7.05 Å². The maximum absolute atomic E-state index is 14.2.